The molecular weight excluding hydrogens is 340 g/mol. The number of amides is 2. The fourth-order valence-corrected chi connectivity index (χ4v) is 3.78. The summed E-state index contributed by atoms with van der Waals surface area (Å²) < 4.78 is 0. The molecule has 3 rings (SSSR count). The Bertz CT molecular complexity index is 919. The van der Waals surface area contributed by atoms with E-state index in [9.17, 15) is 24.8 Å². The number of hydrogen-bond donors (Lipinski definition) is 0. The Morgan fingerprint density at radius 1 is 1.16 bits per heavy atom. The molecule has 1 saturated heterocycles. The maximum absolute atomic E-state index is 12.7. The Kier molecular flexibility index (Phi) is 4.55. The Balaban J connectivity index is 1.90. The lowest BCUT2D eigenvalue weighted by Crippen LogP contribution is -2.31. The van der Waals surface area contributed by atoms with E-state index >= 15 is 0 Å². The second-order valence-corrected chi connectivity index (χ2v) is 6.54. The molecule has 6 nitrogen and oxygen atoms in total. The molecule has 7 heteroatoms. The summed E-state index contributed by atoms with van der Waals surface area (Å²) in [6.45, 7) is 0. The quantitative estimate of drug-likeness (QED) is 0.771. The number of rotatable bonds is 4. The third-order valence-electron chi connectivity index (χ3n) is 3.75. The number of carbonyl (C=O) groups is 3. The number of thioether (sulfide) groups is 1. The summed E-state index contributed by atoms with van der Waals surface area (Å²) in [4.78, 5) is 37.6. The van der Waals surface area contributed by atoms with Crippen LogP contribution in [0.4, 0.5) is 5.69 Å². The smallest absolute Gasteiger partial charge is 0.247 e. The van der Waals surface area contributed by atoms with Crippen molar-refractivity contribution in [2.45, 2.75) is 16.6 Å². The maximum Gasteiger partial charge on any atom is 0.247 e. The molecule has 1 aliphatic rings. The zero-order valence-corrected chi connectivity index (χ0v) is 13.7. The van der Waals surface area contributed by atoms with E-state index < -0.39 is 23.0 Å². The third-order valence-corrected chi connectivity index (χ3v) is 5.01. The highest BCUT2D eigenvalue weighted by Crippen LogP contribution is 2.36. The van der Waals surface area contributed by atoms with Crippen LogP contribution in [-0.4, -0.2) is 23.0 Å². The molecule has 2 aromatic carbocycles. The van der Waals surface area contributed by atoms with Crippen molar-refractivity contribution in [1.82, 2.24) is 0 Å². The van der Waals surface area contributed by atoms with Crippen molar-refractivity contribution >= 4 is 35.2 Å². The number of carbonyl (C=O) groups excluding carboxylic acids is 3. The van der Waals surface area contributed by atoms with Gasteiger partial charge in [0.2, 0.25) is 11.8 Å². The third kappa shape index (κ3) is 3.12. The van der Waals surface area contributed by atoms with Crippen LogP contribution >= 0.6 is 11.8 Å². The summed E-state index contributed by atoms with van der Waals surface area (Å²) in [5.74, 6) is -2.23. The fraction of sp³-hybridized carbons (Fsp3) is 0.111. The van der Waals surface area contributed by atoms with Crippen molar-refractivity contribution in [2.24, 2.45) is 0 Å². The van der Waals surface area contributed by atoms with Gasteiger partial charge in [0, 0.05) is 16.9 Å². The zero-order valence-electron chi connectivity index (χ0n) is 12.8. The molecule has 0 aliphatic carbocycles. The highest BCUT2D eigenvalue weighted by atomic mass is 32.2. The topological polar surface area (TPSA) is 101 Å². The largest absolute Gasteiger partial charge is 0.545 e. The molecule has 0 unspecified atom stereocenters. The molecule has 1 atom stereocenters. The van der Waals surface area contributed by atoms with Crippen molar-refractivity contribution in [2.75, 3.05) is 4.90 Å². The number of carboxylic acid groups (broad SMARTS) is 1. The zero-order chi connectivity index (χ0) is 18.0. The van der Waals surface area contributed by atoms with Crippen LogP contribution in [0.1, 0.15) is 22.3 Å². The van der Waals surface area contributed by atoms with Crippen molar-refractivity contribution in [3.8, 4) is 6.07 Å². The molecule has 25 heavy (non-hydrogen) atoms. The van der Waals surface area contributed by atoms with Gasteiger partial charge in [-0.15, -0.1) is 11.8 Å². The first-order valence-corrected chi connectivity index (χ1v) is 8.24. The highest BCUT2D eigenvalue weighted by Gasteiger charge is 2.41. The average Bonchev–Trinajstić information content (AvgIpc) is 2.88. The first-order chi connectivity index (χ1) is 12.0. The first-order valence-electron chi connectivity index (χ1n) is 7.36. The molecule has 0 bridgehead atoms. The standard InChI is InChI=1S/C18H12N2O4S/c19-10-11-5-1-3-7-13(11)20-16(21)9-15(17(20)22)25-14-8-4-2-6-12(14)18(23)24/h1-8,15H,9H2,(H,23,24)/p-1/t15-/m1/s1. The first kappa shape index (κ1) is 16.7. The van der Waals surface area contributed by atoms with E-state index in [4.69, 9.17) is 0 Å². The minimum atomic E-state index is -1.34. The van der Waals surface area contributed by atoms with Gasteiger partial charge in [-0.05, 0) is 18.2 Å². The van der Waals surface area contributed by atoms with E-state index in [2.05, 4.69) is 0 Å². The molecular formula is C18H11N2O4S-. The SMILES string of the molecule is N#Cc1ccccc1N1C(=O)C[C@@H](Sc2ccccc2C(=O)[O-])C1=O. The normalized spacial score (nSPS) is 16.8. The number of nitriles is 1. The molecule has 124 valence electrons. The lowest BCUT2D eigenvalue weighted by molar-refractivity contribution is -0.255. The predicted molar refractivity (Wildman–Crippen MR) is 88.7 cm³/mol. The van der Waals surface area contributed by atoms with Gasteiger partial charge in [0.05, 0.1) is 22.5 Å². The van der Waals surface area contributed by atoms with Crippen LogP contribution in [0.3, 0.4) is 0 Å². The number of hydrogen-bond acceptors (Lipinski definition) is 6. The monoisotopic (exact) mass is 351 g/mol. The lowest BCUT2D eigenvalue weighted by atomic mass is 10.2. The van der Waals surface area contributed by atoms with Crippen LogP contribution in [0.5, 0.6) is 0 Å². The number of carboxylic acids is 1. The number of para-hydroxylation sites is 1. The summed E-state index contributed by atoms with van der Waals surface area (Å²) in [7, 11) is 0. The van der Waals surface area contributed by atoms with E-state index in [0.29, 0.717) is 4.90 Å². The Hall–Kier alpha value is -3.11. The number of imide groups is 1. The van der Waals surface area contributed by atoms with Crippen LogP contribution in [0.25, 0.3) is 0 Å². The van der Waals surface area contributed by atoms with Crippen LogP contribution < -0.4 is 10.0 Å². The van der Waals surface area contributed by atoms with E-state index in [1.165, 1.54) is 18.2 Å². The molecule has 2 amide bonds. The summed E-state index contributed by atoms with van der Waals surface area (Å²) >= 11 is 1.01. The molecule has 1 aliphatic heterocycles. The van der Waals surface area contributed by atoms with Crippen LogP contribution in [0.2, 0.25) is 0 Å². The number of benzene rings is 2. The summed E-state index contributed by atoms with van der Waals surface area (Å²) in [6.07, 6.45) is -0.0648. The van der Waals surface area contributed by atoms with E-state index in [1.807, 2.05) is 6.07 Å². The van der Waals surface area contributed by atoms with Crippen molar-refractivity contribution in [3.05, 3.63) is 59.7 Å². The molecule has 1 fully saturated rings. The molecule has 0 radical (unpaired) electrons. The van der Waals surface area contributed by atoms with Crippen LogP contribution in [0.15, 0.2) is 53.4 Å². The van der Waals surface area contributed by atoms with Gasteiger partial charge in [0.15, 0.2) is 0 Å². The van der Waals surface area contributed by atoms with Crippen molar-refractivity contribution in [1.29, 1.82) is 5.26 Å². The van der Waals surface area contributed by atoms with Gasteiger partial charge in [-0.25, -0.2) is 4.90 Å². The number of anilines is 1. The van der Waals surface area contributed by atoms with Crippen molar-refractivity contribution < 1.29 is 19.5 Å². The second-order valence-electron chi connectivity index (χ2n) is 5.29. The van der Waals surface area contributed by atoms with Gasteiger partial charge in [0.25, 0.3) is 0 Å². The minimum absolute atomic E-state index is 0.0244. The van der Waals surface area contributed by atoms with E-state index in [1.54, 1.807) is 30.3 Å². The van der Waals surface area contributed by atoms with E-state index in [-0.39, 0.29) is 23.2 Å². The van der Waals surface area contributed by atoms with Gasteiger partial charge >= 0.3 is 0 Å². The molecule has 0 N–H and O–H groups in total. The maximum atomic E-state index is 12.7. The molecule has 0 aromatic heterocycles. The lowest BCUT2D eigenvalue weighted by Gasteiger charge is -2.17. The highest BCUT2D eigenvalue weighted by molar-refractivity contribution is 8.00. The predicted octanol–water partition coefficient (Wildman–Crippen LogP) is 1.35. The summed E-state index contributed by atoms with van der Waals surface area (Å²) in [5.41, 5.74) is 0.449. The second kappa shape index (κ2) is 6.79. The van der Waals surface area contributed by atoms with Crippen molar-refractivity contribution in [3.63, 3.8) is 0 Å². The van der Waals surface area contributed by atoms with Gasteiger partial charge in [-0.1, -0.05) is 30.3 Å². The number of aromatic carboxylic acids is 1. The molecule has 2 aromatic rings. The minimum Gasteiger partial charge on any atom is -0.545 e. The average molecular weight is 351 g/mol. The fourth-order valence-electron chi connectivity index (χ4n) is 2.60. The van der Waals surface area contributed by atoms with Gasteiger partial charge < -0.3 is 9.90 Å². The Morgan fingerprint density at radius 2 is 1.84 bits per heavy atom. The van der Waals surface area contributed by atoms with Gasteiger partial charge in [0.1, 0.15) is 6.07 Å². The summed E-state index contributed by atoms with van der Waals surface area (Å²) in [6, 6.07) is 14.5. The number of nitrogens with zero attached hydrogens (tertiary/aromatic N) is 2. The van der Waals surface area contributed by atoms with Crippen LogP contribution in [0, 0.1) is 11.3 Å². The Morgan fingerprint density at radius 3 is 2.56 bits per heavy atom. The molecule has 0 spiro atoms. The van der Waals surface area contributed by atoms with E-state index in [0.717, 1.165) is 16.7 Å². The summed E-state index contributed by atoms with van der Waals surface area (Å²) in [5, 5.41) is 19.6. The van der Waals surface area contributed by atoms with Gasteiger partial charge in [-0.3, -0.25) is 9.59 Å². The van der Waals surface area contributed by atoms with Crippen LogP contribution in [-0.2, 0) is 9.59 Å². The molecule has 0 saturated carbocycles. The molecule has 1 heterocycles. The van der Waals surface area contributed by atoms with Gasteiger partial charge in [-0.2, -0.15) is 5.26 Å². The Labute approximate surface area is 147 Å².